The van der Waals surface area contributed by atoms with Crippen molar-refractivity contribution in [2.24, 2.45) is 0 Å². The van der Waals surface area contributed by atoms with Gasteiger partial charge in [0.05, 0.1) is 12.5 Å². The molecule has 0 amide bonds. The molecule has 0 spiro atoms. The molecule has 0 heterocycles. The van der Waals surface area contributed by atoms with Crippen LogP contribution in [0.2, 0.25) is 0 Å². The number of aliphatic carboxylic acids is 1. The molecule has 3 N–H and O–H groups in total. The van der Waals surface area contributed by atoms with Crippen molar-refractivity contribution >= 4 is 27.6 Å². The average molecular weight is 288 g/mol. The van der Waals surface area contributed by atoms with Crippen LogP contribution >= 0.6 is 15.9 Å². The van der Waals surface area contributed by atoms with Gasteiger partial charge in [-0.25, -0.2) is 0 Å². The normalized spacial score (nSPS) is 12.2. The fourth-order valence-corrected chi connectivity index (χ4v) is 1.96. The van der Waals surface area contributed by atoms with E-state index in [1.54, 1.807) is 0 Å². The summed E-state index contributed by atoms with van der Waals surface area (Å²) >= 11 is 3.36. The van der Waals surface area contributed by atoms with Crippen molar-refractivity contribution in [3.8, 4) is 0 Å². The van der Waals surface area contributed by atoms with Gasteiger partial charge < -0.3 is 15.5 Å². The van der Waals surface area contributed by atoms with Gasteiger partial charge in [0.2, 0.25) is 0 Å². The number of benzene rings is 1. The summed E-state index contributed by atoms with van der Waals surface area (Å²) in [5, 5.41) is 20.8. The van der Waals surface area contributed by atoms with Crippen LogP contribution in [0, 0.1) is 6.92 Å². The van der Waals surface area contributed by atoms with Gasteiger partial charge in [-0.15, -0.1) is 0 Å². The maximum absolute atomic E-state index is 10.3. The lowest BCUT2D eigenvalue weighted by Crippen LogP contribution is -2.22. The zero-order valence-electron chi connectivity index (χ0n) is 8.90. The van der Waals surface area contributed by atoms with Crippen LogP contribution in [0.15, 0.2) is 22.7 Å². The number of nitrogens with one attached hydrogen (secondary N) is 1. The van der Waals surface area contributed by atoms with Crippen LogP contribution in [0.1, 0.15) is 12.0 Å². The van der Waals surface area contributed by atoms with E-state index in [0.717, 1.165) is 15.7 Å². The Bertz CT molecular complexity index is 361. The van der Waals surface area contributed by atoms with Crippen molar-refractivity contribution in [2.45, 2.75) is 19.4 Å². The summed E-state index contributed by atoms with van der Waals surface area (Å²) in [6, 6.07) is 5.78. The van der Waals surface area contributed by atoms with Gasteiger partial charge in [-0.2, -0.15) is 0 Å². The highest BCUT2D eigenvalue weighted by Gasteiger charge is 2.08. The first-order valence-corrected chi connectivity index (χ1v) is 5.67. The maximum Gasteiger partial charge on any atom is 0.306 e. The van der Waals surface area contributed by atoms with E-state index in [2.05, 4.69) is 21.2 Å². The molecule has 1 aromatic carbocycles. The highest BCUT2D eigenvalue weighted by molar-refractivity contribution is 9.10. The SMILES string of the molecule is Cc1cc(Br)cc(NCC(O)CC(=O)O)c1. The molecule has 88 valence electrons. The van der Waals surface area contributed by atoms with Crippen molar-refractivity contribution in [1.29, 1.82) is 0 Å². The Morgan fingerprint density at radius 1 is 1.50 bits per heavy atom. The van der Waals surface area contributed by atoms with Crippen LogP contribution in [0.4, 0.5) is 5.69 Å². The zero-order chi connectivity index (χ0) is 12.1. The zero-order valence-corrected chi connectivity index (χ0v) is 10.5. The minimum absolute atomic E-state index is 0.224. The second-order valence-corrected chi connectivity index (χ2v) is 4.57. The molecule has 1 atom stereocenters. The molecule has 1 aromatic rings. The standard InChI is InChI=1S/C11H14BrNO3/c1-7-2-8(12)4-9(3-7)13-6-10(14)5-11(15)16/h2-4,10,13-14H,5-6H2,1H3,(H,15,16). The molecule has 0 saturated carbocycles. The van der Waals surface area contributed by atoms with Gasteiger partial charge in [-0.1, -0.05) is 15.9 Å². The van der Waals surface area contributed by atoms with E-state index in [1.165, 1.54) is 0 Å². The topological polar surface area (TPSA) is 69.6 Å². The average Bonchev–Trinajstić information content (AvgIpc) is 2.12. The molecule has 16 heavy (non-hydrogen) atoms. The third kappa shape index (κ3) is 4.63. The largest absolute Gasteiger partial charge is 0.481 e. The summed E-state index contributed by atoms with van der Waals surface area (Å²) in [4.78, 5) is 10.3. The van der Waals surface area contributed by atoms with Crippen LogP contribution < -0.4 is 5.32 Å². The molecule has 0 saturated heterocycles. The van der Waals surface area contributed by atoms with Crippen molar-refractivity contribution in [3.05, 3.63) is 28.2 Å². The third-order valence-corrected chi connectivity index (χ3v) is 2.45. The van der Waals surface area contributed by atoms with E-state index in [-0.39, 0.29) is 13.0 Å². The maximum atomic E-state index is 10.3. The lowest BCUT2D eigenvalue weighted by Gasteiger charge is -2.11. The van der Waals surface area contributed by atoms with Gasteiger partial charge in [0.25, 0.3) is 0 Å². The molecule has 1 unspecified atom stereocenters. The Morgan fingerprint density at radius 3 is 2.75 bits per heavy atom. The number of aliphatic hydroxyl groups excluding tert-OH is 1. The van der Waals surface area contributed by atoms with E-state index in [0.29, 0.717) is 0 Å². The summed E-state index contributed by atoms with van der Waals surface area (Å²) in [6.45, 7) is 2.19. The van der Waals surface area contributed by atoms with Crippen molar-refractivity contribution in [2.75, 3.05) is 11.9 Å². The fourth-order valence-electron chi connectivity index (χ4n) is 1.35. The highest BCUT2D eigenvalue weighted by atomic mass is 79.9. The number of aryl methyl sites for hydroxylation is 1. The van der Waals surface area contributed by atoms with Crippen molar-refractivity contribution in [1.82, 2.24) is 0 Å². The molecule has 5 heteroatoms. The Labute approximate surface area is 102 Å². The Kier molecular flexibility index (Phi) is 4.76. The molecule has 1 rings (SSSR count). The number of aliphatic hydroxyl groups is 1. The first-order chi connectivity index (χ1) is 7.47. The number of halogens is 1. The number of hydrogen-bond donors (Lipinski definition) is 3. The molecule has 4 nitrogen and oxygen atoms in total. The highest BCUT2D eigenvalue weighted by Crippen LogP contribution is 2.19. The van der Waals surface area contributed by atoms with Crippen LogP contribution in [0.5, 0.6) is 0 Å². The predicted molar refractivity (Wildman–Crippen MR) is 65.6 cm³/mol. The third-order valence-electron chi connectivity index (χ3n) is 1.99. The van der Waals surface area contributed by atoms with Gasteiger partial charge in [0.15, 0.2) is 0 Å². The number of rotatable bonds is 5. The quantitative estimate of drug-likeness (QED) is 0.775. The summed E-state index contributed by atoms with van der Waals surface area (Å²) in [6.07, 6.45) is -1.13. The van der Waals surface area contributed by atoms with E-state index < -0.39 is 12.1 Å². The van der Waals surface area contributed by atoms with E-state index >= 15 is 0 Å². The second kappa shape index (κ2) is 5.86. The number of carboxylic acid groups (broad SMARTS) is 1. The number of carbonyl (C=O) groups is 1. The minimum Gasteiger partial charge on any atom is -0.481 e. The lowest BCUT2D eigenvalue weighted by atomic mass is 10.2. The fraction of sp³-hybridized carbons (Fsp3) is 0.364. The summed E-state index contributed by atoms with van der Waals surface area (Å²) in [7, 11) is 0. The second-order valence-electron chi connectivity index (χ2n) is 3.65. The van der Waals surface area contributed by atoms with E-state index in [1.807, 2.05) is 25.1 Å². The number of hydrogen-bond acceptors (Lipinski definition) is 3. The van der Waals surface area contributed by atoms with Crippen molar-refractivity contribution in [3.63, 3.8) is 0 Å². The lowest BCUT2D eigenvalue weighted by molar-refractivity contribution is -0.138. The molecule has 0 radical (unpaired) electrons. The van der Waals surface area contributed by atoms with Crippen LogP contribution in [-0.4, -0.2) is 28.8 Å². The first-order valence-electron chi connectivity index (χ1n) is 4.88. The minimum atomic E-state index is -1.00. The summed E-state index contributed by atoms with van der Waals surface area (Å²) in [5.74, 6) is -1.00. The Morgan fingerprint density at radius 2 is 2.19 bits per heavy atom. The van der Waals surface area contributed by atoms with Gasteiger partial charge in [-0.05, 0) is 30.7 Å². The summed E-state index contributed by atoms with van der Waals surface area (Å²) < 4.78 is 0.947. The molecule has 0 bridgehead atoms. The smallest absolute Gasteiger partial charge is 0.306 e. The van der Waals surface area contributed by atoms with E-state index in [4.69, 9.17) is 5.11 Å². The van der Waals surface area contributed by atoms with Gasteiger partial charge >= 0.3 is 5.97 Å². The molecule has 0 fully saturated rings. The molecule has 0 aliphatic heterocycles. The molecular formula is C11H14BrNO3. The van der Waals surface area contributed by atoms with Crippen molar-refractivity contribution < 1.29 is 15.0 Å². The van der Waals surface area contributed by atoms with Gasteiger partial charge in [-0.3, -0.25) is 4.79 Å². The first kappa shape index (κ1) is 13.0. The number of anilines is 1. The number of carboxylic acids is 1. The Balaban J connectivity index is 2.51. The monoisotopic (exact) mass is 287 g/mol. The predicted octanol–water partition coefficient (Wildman–Crippen LogP) is 2.01. The Hall–Kier alpha value is -1.07. The molecular weight excluding hydrogens is 274 g/mol. The van der Waals surface area contributed by atoms with Gasteiger partial charge in [0.1, 0.15) is 0 Å². The van der Waals surface area contributed by atoms with Crippen LogP contribution in [-0.2, 0) is 4.79 Å². The van der Waals surface area contributed by atoms with Gasteiger partial charge in [0, 0.05) is 16.7 Å². The van der Waals surface area contributed by atoms with E-state index in [9.17, 15) is 9.90 Å². The van der Waals surface area contributed by atoms with Crippen LogP contribution in [0.3, 0.4) is 0 Å². The molecule has 0 aromatic heterocycles. The van der Waals surface area contributed by atoms with Crippen LogP contribution in [0.25, 0.3) is 0 Å². The molecule has 0 aliphatic rings. The summed E-state index contributed by atoms with van der Waals surface area (Å²) in [5.41, 5.74) is 1.95. The molecule has 0 aliphatic carbocycles.